The molecule has 0 aromatic carbocycles. The standard InChI is InChI=1S/C17H24N4/c1-5-13-11-18-8-7-15(13)17-20-14(9-12(3)4)10-16(21-17)19-6-2/h7-8,10-12H,5-6,9H2,1-4H3,(H,19,20,21). The molecule has 0 atom stereocenters. The van der Waals surface area contributed by atoms with Crippen LogP contribution in [0.5, 0.6) is 0 Å². The number of nitrogens with one attached hydrogen (secondary N) is 1. The molecule has 0 amide bonds. The minimum atomic E-state index is 0.574. The predicted molar refractivity (Wildman–Crippen MR) is 87.3 cm³/mol. The largest absolute Gasteiger partial charge is 0.370 e. The fourth-order valence-corrected chi connectivity index (χ4v) is 2.34. The number of anilines is 1. The van der Waals surface area contributed by atoms with Crippen LogP contribution in [-0.2, 0) is 12.8 Å². The summed E-state index contributed by atoms with van der Waals surface area (Å²) in [5, 5.41) is 3.30. The highest BCUT2D eigenvalue weighted by atomic mass is 15.0. The number of pyridine rings is 1. The summed E-state index contributed by atoms with van der Waals surface area (Å²) in [5.74, 6) is 2.27. The molecule has 0 radical (unpaired) electrons. The van der Waals surface area contributed by atoms with Crippen molar-refractivity contribution in [3.63, 3.8) is 0 Å². The molecular formula is C17H24N4. The van der Waals surface area contributed by atoms with Gasteiger partial charge in [-0.25, -0.2) is 9.97 Å². The zero-order valence-electron chi connectivity index (χ0n) is 13.3. The van der Waals surface area contributed by atoms with Crippen molar-refractivity contribution in [2.45, 2.75) is 40.5 Å². The lowest BCUT2D eigenvalue weighted by Crippen LogP contribution is -2.06. The molecule has 2 heterocycles. The molecule has 2 aromatic rings. The van der Waals surface area contributed by atoms with Gasteiger partial charge >= 0.3 is 0 Å². The molecule has 112 valence electrons. The lowest BCUT2D eigenvalue weighted by molar-refractivity contribution is 0.635. The first-order valence-electron chi connectivity index (χ1n) is 7.69. The maximum absolute atomic E-state index is 4.76. The Morgan fingerprint density at radius 1 is 1.19 bits per heavy atom. The Labute approximate surface area is 127 Å². The van der Waals surface area contributed by atoms with Crippen LogP contribution in [0.25, 0.3) is 11.4 Å². The van der Waals surface area contributed by atoms with E-state index in [4.69, 9.17) is 4.98 Å². The van der Waals surface area contributed by atoms with E-state index in [2.05, 4.69) is 49.0 Å². The van der Waals surface area contributed by atoms with Crippen LogP contribution >= 0.6 is 0 Å². The lowest BCUT2D eigenvalue weighted by atomic mass is 10.1. The summed E-state index contributed by atoms with van der Waals surface area (Å²) in [6, 6.07) is 4.06. The molecule has 0 spiro atoms. The van der Waals surface area contributed by atoms with Crippen molar-refractivity contribution in [2.75, 3.05) is 11.9 Å². The minimum Gasteiger partial charge on any atom is -0.370 e. The topological polar surface area (TPSA) is 50.7 Å². The van der Waals surface area contributed by atoms with E-state index in [0.717, 1.165) is 42.3 Å². The number of rotatable bonds is 6. The molecule has 2 rings (SSSR count). The van der Waals surface area contributed by atoms with Crippen LogP contribution in [-0.4, -0.2) is 21.5 Å². The van der Waals surface area contributed by atoms with Gasteiger partial charge in [0.1, 0.15) is 5.82 Å². The predicted octanol–water partition coefficient (Wildman–Crippen LogP) is 3.73. The molecule has 21 heavy (non-hydrogen) atoms. The second-order valence-corrected chi connectivity index (χ2v) is 5.58. The Hall–Kier alpha value is -1.97. The molecule has 0 fully saturated rings. The van der Waals surface area contributed by atoms with Crippen molar-refractivity contribution >= 4 is 5.82 Å². The monoisotopic (exact) mass is 284 g/mol. The van der Waals surface area contributed by atoms with Crippen molar-refractivity contribution in [2.24, 2.45) is 5.92 Å². The minimum absolute atomic E-state index is 0.574. The molecule has 0 saturated heterocycles. The van der Waals surface area contributed by atoms with Crippen LogP contribution in [0, 0.1) is 5.92 Å². The Morgan fingerprint density at radius 3 is 2.67 bits per heavy atom. The van der Waals surface area contributed by atoms with Crippen LogP contribution in [0.15, 0.2) is 24.5 Å². The first kappa shape index (κ1) is 15.4. The molecule has 0 aliphatic carbocycles. The first-order valence-corrected chi connectivity index (χ1v) is 7.69. The average Bonchev–Trinajstić information content (AvgIpc) is 2.46. The number of aromatic nitrogens is 3. The Bertz CT molecular complexity index is 593. The van der Waals surface area contributed by atoms with E-state index >= 15 is 0 Å². The fraction of sp³-hybridized carbons (Fsp3) is 0.471. The number of hydrogen-bond donors (Lipinski definition) is 1. The van der Waals surface area contributed by atoms with Crippen molar-refractivity contribution < 1.29 is 0 Å². The SMILES string of the molecule is CCNc1cc(CC(C)C)nc(-c2ccncc2CC)n1. The summed E-state index contributed by atoms with van der Waals surface area (Å²) in [5.41, 5.74) is 3.35. The summed E-state index contributed by atoms with van der Waals surface area (Å²) in [6.07, 6.45) is 5.60. The Morgan fingerprint density at radius 2 is 2.00 bits per heavy atom. The second kappa shape index (κ2) is 7.16. The summed E-state index contributed by atoms with van der Waals surface area (Å²) >= 11 is 0. The van der Waals surface area contributed by atoms with E-state index in [1.54, 1.807) is 6.20 Å². The van der Waals surface area contributed by atoms with Crippen LogP contribution in [0.3, 0.4) is 0 Å². The van der Waals surface area contributed by atoms with Gasteiger partial charge in [-0.15, -0.1) is 0 Å². The van der Waals surface area contributed by atoms with Gasteiger partial charge < -0.3 is 5.32 Å². The normalized spacial score (nSPS) is 10.9. The highest BCUT2D eigenvalue weighted by Crippen LogP contribution is 2.22. The van der Waals surface area contributed by atoms with E-state index in [9.17, 15) is 0 Å². The summed E-state index contributed by atoms with van der Waals surface area (Å²) < 4.78 is 0. The van der Waals surface area contributed by atoms with E-state index in [0.29, 0.717) is 5.92 Å². The molecular weight excluding hydrogens is 260 g/mol. The Balaban J connectivity index is 2.48. The van der Waals surface area contributed by atoms with Crippen LogP contribution < -0.4 is 5.32 Å². The molecule has 4 heteroatoms. The summed E-state index contributed by atoms with van der Waals surface area (Å²) in [4.78, 5) is 13.6. The first-order chi connectivity index (χ1) is 10.1. The van der Waals surface area contributed by atoms with Crippen LogP contribution in [0.1, 0.15) is 39.0 Å². The molecule has 0 bridgehead atoms. The molecule has 0 aliphatic rings. The fourth-order valence-electron chi connectivity index (χ4n) is 2.34. The zero-order valence-corrected chi connectivity index (χ0v) is 13.3. The maximum Gasteiger partial charge on any atom is 0.162 e. The van der Waals surface area contributed by atoms with Crippen molar-refractivity contribution in [3.05, 3.63) is 35.8 Å². The number of aryl methyl sites for hydroxylation is 1. The van der Waals surface area contributed by atoms with E-state index in [-0.39, 0.29) is 0 Å². The molecule has 0 saturated carbocycles. The summed E-state index contributed by atoms with van der Waals surface area (Å²) in [7, 11) is 0. The third kappa shape index (κ3) is 4.00. The second-order valence-electron chi connectivity index (χ2n) is 5.58. The third-order valence-electron chi connectivity index (χ3n) is 3.28. The Kier molecular flexibility index (Phi) is 5.26. The van der Waals surface area contributed by atoms with Gasteiger partial charge in [0, 0.05) is 36.3 Å². The quantitative estimate of drug-likeness (QED) is 0.878. The van der Waals surface area contributed by atoms with Crippen molar-refractivity contribution in [3.8, 4) is 11.4 Å². The van der Waals surface area contributed by atoms with Gasteiger partial charge in [-0.3, -0.25) is 4.98 Å². The van der Waals surface area contributed by atoms with Crippen LogP contribution in [0.4, 0.5) is 5.82 Å². The van der Waals surface area contributed by atoms with E-state index < -0.39 is 0 Å². The molecule has 1 N–H and O–H groups in total. The molecule has 2 aromatic heterocycles. The van der Waals surface area contributed by atoms with Gasteiger partial charge in [-0.1, -0.05) is 20.8 Å². The van der Waals surface area contributed by atoms with Gasteiger partial charge in [-0.2, -0.15) is 0 Å². The van der Waals surface area contributed by atoms with Gasteiger partial charge in [0.15, 0.2) is 5.82 Å². The lowest BCUT2D eigenvalue weighted by Gasteiger charge is -2.12. The van der Waals surface area contributed by atoms with E-state index in [1.165, 1.54) is 5.56 Å². The van der Waals surface area contributed by atoms with Gasteiger partial charge in [0.05, 0.1) is 0 Å². The number of nitrogens with zero attached hydrogens (tertiary/aromatic N) is 3. The third-order valence-corrected chi connectivity index (χ3v) is 3.28. The molecule has 0 unspecified atom stereocenters. The number of hydrogen-bond acceptors (Lipinski definition) is 4. The average molecular weight is 284 g/mol. The maximum atomic E-state index is 4.76. The zero-order chi connectivity index (χ0) is 15.2. The van der Waals surface area contributed by atoms with Gasteiger partial charge in [0.2, 0.25) is 0 Å². The smallest absolute Gasteiger partial charge is 0.162 e. The van der Waals surface area contributed by atoms with Crippen LogP contribution in [0.2, 0.25) is 0 Å². The van der Waals surface area contributed by atoms with Crippen molar-refractivity contribution in [1.82, 2.24) is 15.0 Å². The highest BCUT2D eigenvalue weighted by Gasteiger charge is 2.11. The highest BCUT2D eigenvalue weighted by molar-refractivity contribution is 5.61. The van der Waals surface area contributed by atoms with Gasteiger partial charge in [0.25, 0.3) is 0 Å². The van der Waals surface area contributed by atoms with Crippen molar-refractivity contribution in [1.29, 1.82) is 0 Å². The molecule has 0 aliphatic heterocycles. The molecule has 4 nitrogen and oxygen atoms in total. The van der Waals surface area contributed by atoms with E-state index in [1.807, 2.05) is 12.3 Å². The summed E-state index contributed by atoms with van der Waals surface area (Å²) in [6.45, 7) is 9.48. The van der Waals surface area contributed by atoms with Gasteiger partial charge in [-0.05, 0) is 37.3 Å².